The van der Waals surface area contributed by atoms with Crippen molar-refractivity contribution < 1.29 is 8.42 Å². The zero-order valence-electron chi connectivity index (χ0n) is 12.9. The van der Waals surface area contributed by atoms with Crippen molar-refractivity contribution in [2.24, 2.45) is 7.05 Å². The van der Waals surface area contributed by atoms with Gasteiger partial charge in [0.2, 0.25) is 5.95 Å². The van der Waals surface area contributed by atoms with E-state index in [-0.39, 0.29) is 0 Å². The number of anilines is 1. The molecule has 1 aliphatic rings. The SMILES string of the molecule is Cn1nc(-c2ccc(S(C)(=O)=O)cc2)nc1N1CCCCC1. The van der Waals surface area contributed by atoms with E-state index in [1.54, 1.807) is 28.9 Å². The van der Waals surface area contributed by atoms with E-state index < -0.39 is 9.84 Å². The first kappa shape index (κ1) is 15.0. The number of benzene rings is 1. The molecule has 0 N–H and O–H groups in total. The molecule has 0 bridgehead atoms. The van der Waals surface area contributed by atoms with Gasteiger partial charge in [-0.25, -0.2) is 13.1 Å². The van der Waals surface area contributed by atoms with Gasteiger partial charge >= 0.3 is 0 Å². The van der Waals surface area contributed by atoms with Crippen molar-refractivity contribution in [3.8, 4) is 11.4 Å². The molecule has 7 heteroatoms. The lowest BCUT2D eigenvalue weighted by molar-refractivity contribution is 0.557. The number of piperidine rings is 1. The van der Waals surface area contributed by atoms with Gasteiger partial charge in [-0.3, -0.25) is 0 Å². The third-order valence-corrected chi connectivity index (χ3v) is 5.05. The summed E-state index contributed by atoms with van der Waals surface area (Å²) in [6.45, 7) is 2.03. The van der Waals surface area contributed by atoms with E-state index in [0.29, 0.717) is 10.7 Å². The molecule has 0 radical (unpaired) electrons. The Hall–Kier alpha value is -1.89. The lowest BCUT2D eigenvalue weighted by atomic mass is 10.1. The van der Waals surface area contributed by atoms with Crippen LogP contribution in [0.1, 0.15) is 19.3 Å². The number of nitrogens with zero attached hydrogens (tertiary/aromatic N) is 4. The Labute approximate surface area is 130 Å². The minimum absolute atomic E-state index is 0.309. The second-order valence-electron chi connectivity index (χ2n) is 5.70. The predicted octanol–water partition coefficient (Wildman–Crippen LogP) is 1.88. The first-order valence-electron chi connectivity index (χ1n) is 7.41. The lowest BCUT2D eigenvalue weighted by Crippen LogP contribution is -2.31. The van der Waals surface area contributed by atoms with Gasteiger partial charge in [0.25, 0.3) is 0 Å². The molecule has 6 nitrogen and oxygen atoms in total. The molecule has 2 aromatic rings. The Morgan fingerprint density at radius 2 is 1.68 bits per heavy atom. The maximum atomic E-state index is 11.5. The van der Waals surface area contributed by atoms with E-state index in [0.717, 1.165) is 24.6 Å². The molecule has 0 amide bonds. The van der Waals surface area contributed by atoms with Gasteiger partial charge in [-0.05, 0) is 43.5 Å². The highest BCUT2D eigenvalue weighted by atomic mass is 32.2. The van der Waals surface area contributed by atoms with Gasteiger partial charge in [-0.15, -0.1) is 5.10 Å². The first-order valence-corrected chi connectivity index (χ1v) is 9.31. The molecule has 1 aromatic carbocycles. The average Bonchev–Trinajstić information content (AvgIpc) is 2.89. The van der Waals surface area contributed by atoms with Crippen LogP contribution in [0, 0.1) is 0 Å². The van der Waals surface area contributed by atoms with Crippen molar-refractivity contribution in [3.63, 3.8) is 0 Å². The molecule has 1 aromatic heterocycles. The molecular weight excluding hydrogens is 300 g/mol. The zero-order chi connectivity index (χ0) is 15.7. The number of hydrogen-bond acceptors (Lipinski definition) is 5. The van der Waals surface area contributed by atoms with Crippen LogP contribution in [0.3, 0.4) is 0 Å². The van der Waals surface area contributed by atoms with E-state index >= 15 is 0 Å². The number of rotatable bonds is 3. The van der Waals surface area contributed by atoms with E-state index in [9.17, 15) is 8.42 Å². The summed E-state index contributed by atoms with van der Waals surface area (Å²) in [7, 11) is -1.28. The summed E-state index contributed by atoms with van der Waals surface area (Å²) in [6.07, 6.45) is 4.85. The van der Waals surface area contributed by atoms with Crippen molar-refractivity contribution in [3.05, 3.63) is 24.3 Å². The Morgan fingerprint density at radius 3 is 2.27 bits per heavy atom. The highest BCUT2D eigenvalue weighted by Gasteiger charge is 2.18. The molecule has 1 fully saturated rings. The van der Waals surface area contributed by atoms with Crippen molar-refractivity contribution in [1.29, 1.82) is 0 Å². The fourth-order valence-electron chi connectivity index (χ4n) is 2.72. The van der Waals surface area contributed by atoms with Crippen LogP contribution in [0.15, 0.2) is 29.2 Å². The maximum absolute atomic E-state index is 11.5. The van der Waals surface area contributed by atoms with Gasteiger partial charge < -0.3 is 4.90 Å². The fourth-order valence-corrected chi connectivity index (χ4v) is 3.35. The summed E-state index contributed by atoms with van der Waals surface area (Å²) in [5.74, 6) is 1.50. The zero-order valence-corrected chi connectivity index (χ0v) is 13.7. The number of aromatic nitrogens is 3. The highest BCUT2D eigenvalue weighted by molar-refractivity contribution is 7.90. The maximum Gasteiger partial charge on any atom is 0.224 e. The van der Waals surface area contributed by atoms with Gasteiger partial charge in [0.1, 0.15) is 0 Å². The Balaban J connectivity index is 1.89. The van der Waals surface area contributed by atoms with Crippen molar-refractivity contribution in [1.82, 2.24) is 14.8 Å². The highest BCUT2D eigenvalue weighted by Crippen LogP contribution is 2.23. The van der Waals surface area contributed by atoms with E-state index in [1.165, 1.54) is 25.5 Å². The molecule has 22 heavy (non-hydrogen) atoms. The largest absolute Gasteiger partial charge is 0.341 e. The van der Waals surface area contributed by atoms with Crippen molar-refractivity contribution >= 4 is 15.8 Å². The molecule has 0 unspecified atom stereocenters. The van der Waals surface area contributed by atoms with Crippen LogP contribution < -0.4 is 4.90 Å². The summed E-state index contributed by atoms with van der Waals surface area (Å²) in [5, 5.41) is 4.46. The molecule has 2 heterocycles. The normalized spacial score (nSPS) is 16.0. The monoisotopic (exact) mass is 320 g/mol. The van der Waals surface area contributed by atoms with Crippen LogP contribution in [0.2, 0.25) is 0 Å². The number of sulfone groups is 1. The second-order valence-corrected chi connectivity index (χ2v) is 7.72. The quantitative estimate of drug-likeness (QED) is 0.863. The molecule has 0 spiro atoms. The Kier molecular flexibility index (Phi) is 3.90. The summed E-state index contributed by atoms with van der Waals surface area (Å²) in [4.78, 5) is 7.19. The molecule has 1 aliphatic heterocycles. The smallest absolute Gasteiger partial charge is 0.224 e. The van der Waals surface area contributed by atoms with Gasteiger partial charge in [0.05, 0.1) is 4.90 Å². The minimum atomic E-state index is -3.18. The van der Waals surface area contributed by atoms with Crippen molar-refractivity contribution in [2.45, 2.75) is 24.2 Å². The van der Waals surface area contributed by atoms with Crippen LogP contribution in [-0.2, 0) is 16.9 Å². The molecule has 0 saturated carbocycles. The number of hydrogen-bond donors (Lipinski definition) is 0. The second kappa shape index (κ2) is 5.72. The van der Waals surface area contributed by atoms with Gasteiger partial charge in [0, 0.05) is 32.0 Å². The molecule has 0 aliphatic carbocycles. The fraction of sp³-hybridized carbons (Fsp3) is 0.467. The van der Waals surface area contributed by atoms with Crippen molar-refractivity contribution in [2.75, 3.05) is 24.2 Å². The molecule has 0 atom stereocenters. The Morgan fingerprint density at radius 1 is 1.05 bits per heavy atom. The molecular formula is C15H20N4O2S. The van der Waals surface area contributed by atoms with Crippen LogP contribution in [-0.4, -0.2) is 42.5 Å². The lowest BCUT2D eigenvalue weighted by Gasteiger charge is -2.26. The van der Waals surface area contributed by atoms with Gasteiger partial charge in [0.15, 0.2) is 15.7 Å². The van der Waals surface area contributed by atoms with E-state index in [2.05, 4.69) is 15.0 Å². The van der Waals surface area contributed by atoms with E-state index in [4.69, 9.17) is 0 Å². The molecule has 118 valence electrons. The topological polar surface area (TPSA) is 68.1 Å². The van der Waals surface area contributed by atoms with Crippen LogP contribution in [0.4, 0.5) is 5.95 Å². The summed E-state index contributed by atoms with van der Waals surface area (Å²) >= 11 is 0. The predicted molar refractivity (Wildman–Crippen MR) is 85.6 cm³/mol. The summed E-state index contributed by atoms with van der Waals surface area (Å²) in [5.41, 5.74) is 0.825. The standard InChI is InChI=1S/C15H20N4O2S/c1-18-15(19-10-4-3-5-11-19)16-14(17-18)12-6-8-13(9-7-12)22(2,20)21/h6-9H,3-5,10-11H2,1-2H3. The van der Waals surface area contributed by atoms with Gasteiger partial charge in [-0.2, -0.15) is 4.98 Å². The molecule has 1 saturated heterocycles. The third kappa shape index (κ3) is 2.99. The van der Waals surface area contributed by atoms with Gasteiger partial charge in [-0.1, -0.05) is 0 Å². The Bertz CT molecular complexity index is 759. The third-order valence-electron chi connectivity index (χ3n) is 3.92. The first-order chi connectivity index (χ1) is 10.4. The van der Waals surface area contributed by atoms with Crippen LogP contribution >= 0.6 is 0 Å². The summed E-state index contributed by atoms with van der Waals surface area (Å²) < 4.78 is 24.8. The van der Waals surface area contributed by atoms with Crippen LogP contribution in [0.25, 0.3) is 11.4 Å². The molecule has 3 rings (SSSR count). The van der Waals surface area contributed by atoms with Crippen LogP contribution in [0.5, 0.6) is 0 Å². The summed E-state index contributed by atoms with van der Waals surface area (Å²) in [6, 6.07) is 6.71. The average molecular weight is 320 g/mol. The van der Waals surface area contributed by atoms with E-state index in [1.807, 2.05) is 7.05 Å². The number of aryl methyl sites for hydroxylation is 1. The minimum Gasteiger partial charge on any atom is -0.341 e.